The molecule has 0 radical (unpaired) electrons. The molecule has 114 valence electrons. The van der Waals surface area contributed by atoms with E-state index in [1.165, 1.54) is 41.6 Å². The van der Waals surface area contributed by atoms with Crippen LogP contribution in [0.25, 0.3) is 0 Å². The molecule has 2 aromatic heterocycles. The SMILES string of the molecule is COC(=O)c1cscc1NS(=O)(=O)c1cnn(C(C)C)c1. The highest BCUT2D eigenvalue weighted by Crippen LogP contribution is 2.25. The molecular weight excluding hydrogens is 314 g/mol. The number of rotatable bonds is 5. The molecule has 0 aliphatic rings. The van der Waals surface area contributed by atoms with Crippen LogP contribution < -0.4 is 4.72 Å². The molecule has 0 unspecified atom stereocenters. The van der Waals surface area contributed by atoms with Gasteiger partial charge in [-0.25, -0.2) is 13.2 Å². The lowest BCUT2D eigenvalue weighted by molar-refractivity contribution is 0.0602. The van der Waals surface area contributed by atoms with Crippen molar-refractivity contribution in [3.05, 3.63) is 28.7 Å². The van der Waals surface area contributed by atoms with E-state index in [-0.39, 0.29) is 22.2 Å². The van der Waals surface area contributed by atoms with E-state index in [1.807, 2.05) is 13.8 Å². The monoisotopic (exact) mass is 329 g/mol. The number of carbonyl (C=O) groups is 1. The van der Waals surface area contributed by atoms with Crippen molar-refractivity contribution in [3.63, 3.8) is 0 Å². The molecule has 0 saturated heterocycles. The first kappa shape index (κ1) is 15.5. The summed E-state index contributed by atoms with van der Waals surface area (Å²) in [6.07, 6.45) is 2.71. The Kier molecular flexibility index (Phi) is 4.33. The minimum atomic E-state index is -3.79. The van der Waals surface area contributed by atoms with Crippen LogP contribution >= 0.6 is 11.3 Å². The molecule has 2 rings (SSSR count). The first-order valence-electron chi connectivity index (χ1n) is 6.06. The quantitative estimate of drug-likeness (QED) is 0.849. The summed E-state index contributed by atoms with van der Waals surface area (Å²) in [5.41, 5.74) is 0.381. The Bertz CT molecular complexity index is 746. The Morgan fingerprint density at radius 1 is 1.43 bits per heavy atom. The predicted molar refractivity (Wildman–Crippen MR) is 79.1 cm³/mol. The Balaban J connectivity index is 2.29. The highest BCUT2D eigenvalue weighted by Gasteiger charge is 2.21. The normalized spacial score (nSPS) is 11.6. The summed E-state index contributed by atoms with van der Waals surface area (Å²) in [6.45, 7) is 3.79. The van der Waals surface area contributed by atoms with Crippen LogP contribution in [0.15, 0.2) is 28.0 Å². The van der Waals surface area contributed by atoms with Gasteiger partial charge in [-0.1, -0.05) is 0 Å². The van der Waals surface area contributed by atoms with E-state index in [1.54, 1.807) is 4.68 Å². The number of anilines is 1. The molecule has 9 heteroatoms. The third-order valence-electron chi connectivity index (χ3n) is 2.73. The van der Waals surface area contributed by atoms with Crippen LogP contribution in [0.1, 0.15) is 30.2 Å². The molecule has 0 spiro atoms. The Morgan fingerprint density at radius 2 is 2.14 bits per heavy atom. The zero-order chi connectivity index (χ0) is 15.6. The van der Waals surface area contributed by atoms with Crippen LogP contribution in [0, 0.1) is 0 Å². The van der Waals surface area contributed by atoms with Crippen molar-refractivity contribution in [2.24, 2.45) is 0 Å². The number of sulfonamides is 1. The Hall–Kier alpha value is -1.87. The van der Waals surface area contributed by atoms with E-state index in [2.05, 4.69) is 14.6 Å². The fraction of sp³-hybridized carbons (Fsp3) is 0.333. The molecule has 2 heterocycles. The van der Waals surface area contributed by atoms with Gasteiger partial charge >= 0.3 is 5.97 Å². The van der Waals surface area contributed by atoms with Gasteiger partial charge in [-0.05, 0) is 13.8 Å². The van der Waals surface area contributed by atoms with Gasteiger partial charge in [0.15, 0.2) is 0 Å². The molecule has 0 aliphatic carbocycles. The van der Waals surface area contributed by atoms with Crippen LogP contribution in [0.4, 0.5) is 5.69 Å². The topological polar surface area (TPSA) is 90.3 Å². The van der Waals surface area contributed by atoms with Crippen molar-refractivity contribution in [2.45, 2.75) is 24.8 Å². The number of nitrogens with one attached hydrogen (secondary N) is 1. The minimum Gasteiger partial charge on any atom is -0.465 e. The summed E-state index contributed by atoms with van der Waals surface area (Å²) in [4.78, 5) is 11.6. The van der Waals surface area contributed by atoms with Gasteiger partial charge in [0.2, 0.25) is 0 Å². The molecular formula is C12H15N3O4S2. The molecule has 2 aromatic rings. The summed E-state index contributed by atoms with van der Waals surface area (Å²) in [5.74, 6) is -0.591. The molecule has 0 aliphatic heterocycles. The van der Waals surface area contributed by atoms with Crippen molar-refractivity contribution in [2.75, 3.05) is 11.8 Å². The lowest BCUT2D eigenvalue weighted by Gasteiger charge is -2.07. The molecule has 0 fully saturated rings. The van der Waals surface area contributed by atoms with E-state index < -0.39 is 16.0 Å². The second-order valence-corrected chi connectivity index (χ2v) is 6.97. The van der Waals surface area contributed by atoms with Crippen LogP contribution in [-0.2, 0) is 14.8 Å². The predicted octanol–water partition coefficient (Wildman–Crippen LogP) is 2.11. The molecule has 0 aromatic carbocycles. The summed E-state index contributed by atoms with van der Waals surface area (Å²) < 4.78 is 33.1. The van der Waals surface area contributed by atoms with Crippen molar-refractivity contribution in [3.8, 4) is 0 Å². The molecule has 21 heavy (non-hydrogen) atoms. The fourth-order valence-electron chi connectivity index (χ4n) is 1.59. The molecule has 0 atom stereocenters. The van der Waals surface area contributed by atoms with E-state index in [4.69, 9.17) is 0 Å². The van der Waals surface area contributed by atoms with Gasteiger partial charge < -0.3 is 4.74 Å². The standard InChI is InChI=1S/C12H15N3O4S2/c1-8(2)15-5-9(4-13-15)21(17,18)14-11-7-20-6-10(11)12(16)19-3/h4-8,14H,1-3H3. The Morgan fingerprint density at radius 3 is 2.71 bits per heavy atom. The van der Waals surface area contributed by atoms with E-state index in [0.29, 0.717) is 0 Å². The van der Waals surface area contributed by atoms with Gasteiger partial charge in [0, 0.05) is 23.0 Å². The largest absolute Gasteiger partial charge is 0.465 e. The number of thiophene rings is 1. The number of nitrogens with zero attached hydrogens (tertiary/aromatic N) is 2. The first-order valence-corrected chi connectivity index (χ1v) is 8.49. The van der Waals surface area contributed by atoms with Crippen molar-refractivity contribution < 1.29 is 17.9 Å². The smallest absolute Gasteiger partial charge is 0.340 e. The second-order valence-electron chi connectivity index (χ2n) is 4.55. The maximum Gasteiger partial charge on any atom is 0.340 e. The second kappa shape index (κ2) is 5.86. The molecule has 7 nitrogen and oxygen atoms in total. The highest BCUT2D eigenvalue weighted by atomic mass is 32.2. The van der Waals surface area contributed by atoms with Gasteiger partial charge in [0.1, 0.15) is 4.90 Å². The number of esters is 1. The van der Waals surface area contributed by atoms with Crippen LogP contribution in [-0.4, -0.2) is 31.3 Å². The van der Waals surface area contributed by atoms with Gasteiger partial charge in [0.25, 0.3) is 10.0 Å². The van der Waals surface area contributed by atoms with Crippen molar-refractivity contribution in [1.29, 1.82) is 0 Å². The van der Waals surface area contributed by atoms with Crippen molar-refractivity contribution >= 4 is 33.0 Å². The number of aromatic nitrogens is 2. The van der Waals surface area contributed by atoms with Gasteiger partial charge in [-0.15, -0.1) is 11.3 Å². The third-order valence-corrected chi connectivity index (χ3v) is 4.79. The summed E-state index contributed by atoms with van der Waals surface area (Å²) in [5, 5.41) is 7.06. The summed E-state index contributed by atoms with van der Waals surface area (Å²) in [7, 11) is -2.55. The summed E-state index contributed by atoms with van der Waals surface area (Å²) in [6, 6.07) is 0.0562. The minimum absolute atomic E-state index is 0.0400. The van der Waals surface area contributed by atoms with Crippen LogP contribution in [0.5, 0.6) is 0 Å². The number of ether oxygens (including phenoxy) is 1. The number of hydrogen-bond donors (Lipinski definition) is 1. The molecule has 0 bridgehead atoms. The van der Waals surface area contributed by atoms with E-state index in [0.717, 1.165) is 0 Å². The molecule has 1 N–H and O–H groups in total. The number of hydrogen-bond acceptors (Lipinski definition) is 6. The number of carbonyl (C=O) groups excluding carboxylic acids is 1. The average Bonchev–Trinajstić information content (AvgIpc) is 3.05. The van der Waals surface area contributed by atoms with Crippen LogP contribution in [0.2, 0.25) is 0 Å². The first-order chi connectivity index (χ1) is 9.85. The fourth-order valence-corrected chi connectivity index (χ4v) is 3.42. The third kappa shape index (κ3) is 3.24. The van der Waals surface area contributed by atoms with Crippen molar-refractivity contribution in [1.82, 2.24) is 9.78 Å². The molecule has 0 saturated carbocycles. The van der Waals surface area contributed by atoms with E-state index in [9.17, 15) is 13.2 Å². The molecule has 0 amide bonds. The van der Waals surface area contributed by atoms with Gasteiger partial charge in [-0.2, -0.15) is 5.10 Å². The number of methoxy groups -OCH3 is 1. The Labute approximate surface area is 126 Å². The maximum absolute atomic E-state index is 12.3. The average molecular weight is 329 g/mol. The van der Waals surface area contributed by atoms with E-state index >= 15 is 0 Å². The zero-order valence-corrected chi connectivity index (χ0v) is 13.4. The van der Waals surface area contributed by atoms with Gasteiger partial charge in [-0.3, -0.25) is 9.40 Å². The lowest BCUT2D eigenvalue weighted by atomic mass is 10.3. The van der Waals surface area contributed by atoms with Crippen LogP contribution in [0.3, 0.4) is 0 Å². The zero-order valence-electron chi connectivity index (χ0n) is 11.7. The highest BCUT2D eigenvalue weighted by molar-refractivity contribution is 7.92. The lowest BCUT2D eigenvalue weighted by Crippen LogP contribution is -2.14. The maximum atomic E-state index is 12.3. The summed E-state index contributed by atoms with van der Waals surface area (Å²) >= 11 is 1.21. The van der Waals surface area contributed by atoms with Gasteiger partial charge in [0.05, 0.1) is 24.6 Å².